The van der Waals surface area contributed by atoms with Crippen LogP contribution in [0.5, 0.6) is 0 Å². The largest absolute Gasteiger partial charge is 0.312 e. The van der Waals surface area contributed by atoms with Crippen LogP contribution in [0.2, 0.25) is 0 Å². The lowest BCUT2D eigenvalue weighted by molar-refractivity contribution is 0.516. The third-order valence-corrected chi connectivity index (χ3v) is 5.11. The summed E-state index contributed by atoms with van der Waals surface area (Å²) in [4.78, 5) is 0. The van der Waals surface area contributed by atoms with Gasteiger partial charge in [-0.15, -0.1) is 0 Å². The quantitative estimate of drug-likeness (QED) is 0.871. The first-order chi connectivity index (χ1) is 8.35. The molecule has 2 heteroatoms. The Morgan fingerprint density at radius 3 is 2.59 bits per heavy atom. The summed E-state index contributed by atoms with van der Waals surface area (Å²) in [7, 11) is 2.09. The fraction of sp³-hybridized carbons (Fsp3) is 0.600. The average Bonchev–Trinajstić information content (AvgIpc) is 2.42. The molecule has 1 saturated heterocycles. The summed E-state index contributed by atoms with van der Waals surface area (Å²) in [6.07, 6.45) is 5.27. The van der Waals surface area contributed by atoms with E-state index in [1.165, 1.54) is 36.1 Å². The Morgan fingerprint density at radius 2 is 2.06 bits per heavy atom. The van der Waals surface area contributed by atoms with Crippen LogP contribution in [0.1, 0.15) is 43.4 Å². The lowest BCUT2D eigenvalue weighted by atomic mass is 9.98. The van der Waals surface area contributed by atoms with Crippen LogP contribution >= 0.6 is 11.8 Å². The van der Waals surface area contributed by atoms with Crippen molar-refractivity contribution in [1.82, 2.24) is 5.32 Å². The molecule has 0 spiro atoms. The van der Waals surface area contributed by atoms with Gasteiger partial charge >= 0.3 is 0 Å². The highest BCUT2D eigenvalue weighted by Gasteiger charge is 2.24. The monoisotopic (exact) mass is 249 g/mol. The van der Waals surface area contributed by atoms with Crippen molar-refractivity contribution in [3.05, 3.63) is 35.4 Å². The van der Waals surface area contributed by atoms with Crippen LogP contribution in [-0.2, 0) is 6.42 Å². The van der Waals surface area contributed by atoms with Gasteiger partial charge in [0.2, 0.25) is 0 Å². The number of aryl methyl sites for hydroxylation is 1. The maximum atomic E-state index is 3.50. The molecule has 1 heterocycles. The number of benzene rings is 1. The lowest BCUT2D eigenvalue weighted by Gasteiger charge is -2.30. The zero-order valence-corrected chi connectivity index (χ0v) is 11.7. The van der Waals surface area contributed by atoms with Gasteiger partial charge in [-0.05, 0) is 43.2 Å². The molecular formula is C15H23NS. The predicted octanol–water partition coefficient (Wildman–Crippen LogP) is 3.80. The Bertz CT molecular complexity index is 327. The third kappa shape index (κ3) is 3.26. The number of nitrogens with one attached hydrogen (secondary N) is 1. The molecule has 1 aliphatic heterocycles. The van der Waals surface area contributed by atoms with Crippen molar-refractivity contribution in [2.45, 2.75) is 43.9 Å². The summed E-state index contributed by atoms with van der Waals surface area (Å²) in [5.41, 5.74) is 2.88. The van der Waals surface area contributed by atoms with Crippen LogP contribution in [-0.4, -0.2) is 18.1 Å². The van der Waals surface area contributed by atoms with Crippen LogP contribution < -0.4 is 5.32 Å². The molecule has 1 aromatic carbocycles. The zero-order valence-electron chi connectivity index (χ0n) is 10.9. The molecule has 0 bridgehead atoms. The molecule has 1 N–H and O–H groups in total. The Morgan fingerprint density at radius 1 is 1.29 bits per heavy atom. The minimum Gasteiger partial charge on any atom is -0.312 e. The number of hydrogen-bond donors (Lipinski definition) is 1. The highest BCUT2D eigenvalue weighted by molar-refractivity contribution is 8.00. The SMILES string of the molecule is CCc1ccc(C(NC)C2CCCCS2)cc1. The molecule has 0 aliphatic carbocycles. The van der Waals surface area contributed by atoms with E-state index in [2.05, 4.69) is 55.3 Å². The minimum absolute atomic E-state index is 0.520. The van der Waals surface area contributed by atoms with Crippen LogP contribution in [0, 0.1) is 0 Å². The number of thioether (sulfide) groups is 1. The second-order valence-corrected chi connectivity index (χ2v) is 6.11. The molecule has 0 amide bonds. The van der Waals surface area contributed by atoms with Crippen molar-refractivity contribution in [2.75, 3.05) is 12.8 Å². The van der Waals surface area contributed by atoms with E-state index in [-0.39, 0.29) is 0 Å². The summed E-state index contributed by atoms with van der Waals surface area (Å²) in [6.45, 7) is 2.21. The molecule has 0 radical (unpaired) electrons. The Hall–Kier alpha value is -0.470. The van der Waals surface area contributed by atoms with Crippen molar-refractivity contribution >= 4 is 11.8 Å². The van der Waals surface area contributed by atoms with Crippen LogP contribution in [0.15, 0.2) is 24.3 Å². The highest BCUT2D eigenvalue weighted by atomic mass is 32.2. The second-order valence-electron chi connectivity index (χ2n) is 4.77. The first-order valence-corrected chi connectivity index (χ1v) is 7.77. The maximum absolute atomic E-state index is 3.50. The summed E-state index contributed by atoms with van der Waals surface area (Å²) in [5, 5.41) is 4.26. The number of rotatable bonds is 4. The van der Waals surface area contributed by atoms with E-state index in [9.17, 15) is 0 Å². The zero-order chi connectivity index (χ0) is 12.1. The van der Waals surface area contributed by atoms with E-state index >= 15 is 0 Å². The summed E-state index contributed by atoms with van der Waals surface area (Å²) in [5.74, 6) is 1.33. The Balaban J connectivity index is 2.10. The van der Waals surface area contributed by atoms with Gasteiger partial charge in [-0.1, -0.05) is 37.6 Å². The normalized spacial score (nSPS) is 22.4. The van der Waals surface area contributed by atoms with Crippen LogP contribution in [0.25, 0.3) is 0 Å². The molecule has 0 aromatic heterocycles. The van der Waals surface area contributed by atoms with Crippen molar-refractivity contribution in [3.63, 3.8) is 0 Å². The van der Waals surface area contributed by atoms with E-state index in [1.807, 2.05) is 0 Å². The predicted molar refractivity (Wildman–Crippen MR) is 77.7 cm³/mol. The molecular weight excluding hydrogens is 226 g/mol. The fourth-order valence-corrected chi connectivity index (χ4v) is 4.05. The second kappa shape index (κ2) is 6.46. The molecule has 2 unspecified atom stereocenters. The molecule has 1 nitrogen and oxygen atoms in total. The van der Waals surface area contributed by atoms with Gasteiger partial charge in [0.05, 0.1) is 0 Å². The van der Waals surface area contributed by atoms with Gasteiger partial charge < -0.3 is 5.32 Å². The van der Waals surface area contributed by atoms with Gasteiger partial charge in [0.15, 0.2) is 0 Å². The summed E-state index contributed by atoms with van der Waals surface area (Å²) in [6, 6.07) is 9.66. The van der Waals surface area contributed by atoms with Gasteiger partial charge in [-0.3, -0.25) is 0 Å². The molecule has 1 aromatic rings. The first kappa shape index (κ1) is 13.0. The van der Waals surface area contributed by atoms with E-state index in [0.29, 0.717) is 6.04 Å². The van der Waals surface area contributed by atoms with Crippen LogP contribution in [0.4, 0.5) is 0 Å². The van der Waals surface area contributed by atoms with Gasteiger partial charge in [0, 0.05) is 11.3 Å². The molecule has 2 atom stereocenters. The molecule has 0 saturated carbocycles. The topological polar surface area (TPSA) is 12.0 Å². The van der Waals surface area contributed by atoms with Crippen molar-refractivity contribution < 1.29 is 0 Å². The molecule has 94 valence electrons. The van der Waals surface area contributed by atoms with E-state index in [1.54, 1.807) is 0 Å². The number of hydrogen-bond acceptors (Lipinski definition) is 2. The van der Waals surface area contributed by atoms with Crippen molar-refractivity contribution in [3.8, 4) is 0 Å². The Kier molecular flexibility index (Phi) is 4.93. The van der Waals surface area contributed by atoms with Gasteiger partial charge in [-0.2, -0.15) is 11.8 Å². The standard InChI is InChI=1S/C15H23NS/c1-3-12-7-9-13(10-8-12)15(16-2)14-6-4-5-11-17-14/h7-10,14-16H,3-6,11H2,1-2H3. The lowest BCUT2D eigenvalue weighted by Crippen LogP contribution is -2.29. The molecule has 2 rings (SSSR count). The average molecular weight is 249 g/mol. The molecule has 17 heavy (non-hydrogen) atoms. The van der Waals surface area contributed by atoms with Gasteiger partial charge in [0.25, 0.3) is 0 Å². The Labute approximate surface area is 109 Å². The van der Waals surface area contributed by atoms with E-state index in [0.717, 1.165) is 11.7 Å². The van der Waals surface area contributed by atoms with E-state index < -0.39 is 0 Å². The minimum atomic E-state index is 0.520. The highest BCUT2D eigenvalue weighted by Crippen LogP contribution is 2.34. The van der Waals surface area contributed by atoms with Gasteiger partial charge in [-0.25, -0.2) is 0 Å². The third-order valence-electron chi connectivity index (χ3n) is 3.64. The van der Waals surface area contributed by atoms with Crippen molar-refractivity contribution in [1.29, 1.82) is 0 Å². The first-order valence-electron chi connectivity index (χ1n) is 6.73. The van der Waals surface area contributed by atoms with Crippen LogP contribution in [0.3, 0.4) is 0 Å². The molecule has 1 fully saturated rings. The maximum Gasteiger partial charge on any atom is 0.0438 e. The summed E-state index contributed by atoms with van der Waals surface area (Å²) < 4.78 is 0. The van der Waals surface area contributed by atoms with E-state index in [4.69, 9.17) is 0 Å². The van der Waals surface area contributed by atoms with Crippen molar-refractivity contribution in [2.24, 2.45) is 0 Å². The smallest absolute Gasteiger partial charge is 0.0438 e. The van der Waals surface area contributed by atoms with Gasteiger partial charge in [0.1, 0.15) is 0 Å². The fourth-order valence-electron chi connectivity index (χ4n) is 2.56. The molecule has 1 aliphatic rings. The summed E-state index contributed by atoms with van der Waals surface area (Å²) >= 11 is 2.14.